The summed E-state index contributed by atoms with van der Waals surface area (Å²) in [6.45, 7) is 4.26. The average Bonchev–Trinajstić information content (AvgIpc) is 2.56. The van der Waals surface area contributed by atoms with E-state index in [4.69, 9.17) is 9.84 Å². The molecule has 3 rings (SSSR count). The average molecular weight is 370 g/mol. The Kier molecular flexibility index (Phi) is 5.47. The topological polar surface area (TPSA) is 46.5 Å². The molecular formula is C21H19FO3S. The largest absolute Gasteiger partial charge is 0.481 e. The molecule has 0 radical (unpaired) electrons. The van der Waals surface area contributed by atoms with Crippen LogP contribution in [0.5, 0.6) is 11.5 Å². The van der Waals surface area contributed by atoms with Crippen LogP contribution in [-0.2, 0) is 11.2 Å². The van der Waals surface area contributed by atoms with Crippen LogP contribution in [0.25, 0.3) is 10.8 Å². The molecule has 0 aliphatic rings. The lowest BCUT2D eigenvalue weighted by atomic mass is 10.0. The lowest BCUT2D eigenvalue weighted by molar-refractivity contribution is -0.136. The highest BCUT2D eigenvalue weighted by atomic mass is 32.2. The second kappa shape index (κ2) is 7.79. The Hall–Kier alpha value is -2.53. The number of aliphatic carboxylic acids is 1. The number of benzene rings is 3. The maximum absolute atomic E-state index is 13.7. The summed E-state index contributed by atoms with van der Waals surface area (Å²) in [7, 11) is 0. The van der Waals surface area contributed by atoms with Gasteiger partial charge in [-0.3, -0.25) is 4.79 Å². The van der Waals surface area contributed by atoms with Crippen molar-refractivity contribution < 1.29 is 19.0 Å². The molecule has 0 atom stereocenters. The van der Waals surface area contributed by atoms with Crippen molar-refractivity contribution in [3.8, 4) is 11.5 Å². The van der Waals surface area contributed by atoms with Crippen LogP contribution in [0.15, 0.2) is 59.5 Å². The summed E-state index contributed by atoms with van der Waals surface area (Å²) in [4.78, 5) is 12.2. The smallest absolute Gasteiger partial charge is 0.307 e. The Morgan fingerprint density at radius 1 is 1.12 bits per heavy atom. The number of carbonyl (C=O) groups is 1. The molecule has 0 aliphatic carbocycles. The Bertz CT molecular complexity index is 936. The van der Waals surface area contributed by atoms with Crippen LogP contribution >= 0.6 is 11.8 Å². The van der Waals surface area contributed by atoms with E-state index in [-0.39, 0.29) is 12.2 Å². The summed E-state index contributed by atoms with van der Waals surface area (Å²) in [5, 5.41) is 10.9. The zero-order valence-electron chi connectivity index (χ0n) is 14.5. The summed E-state index contributed by atoms with van der Waals surface area (Å²) < 4.78 is 19.6. The number of ether oxygens (including phenoxy) is 1. The van der Waals surface area contributed by atoms with Crippen molar-refractivity contribution >= 4 is 28.5 Å². The maximum atomic E-state index is 13.7. The number of thioether (sulfide) groups is 1. The first kappa shape index (κ1) is 18.3. The van der Waals surface area contributed by atoms with Crippen molar-refractivity contribution in [1.29, 1.82) is 0 Å². The third-order valence-electron chi connectivity index (χ3n) is 3.72. The molecule has 0 bridgehead atoms. The SMILES string of the molecule is CC(C)Sc1ccc(Oc2cc(CC(=O)O)cc3ccc(F)cc23)cc1. The van der Waals surface area contributed by atoms with Gasteiger partial charge in [-0.05, 0) is 53.4 Å². The molecule has 3 nitrogen and oxygen atoms in total. The molecule has 0 aromatic heterocycles. The van der Waals surface area contributed by atoms with E-state index in [9.17, 15) is 9.18 Å². The van der Waals surface area contributed by atoms with E-state index >= 15 is 0 Å². The molecule has 0 spiro atoms. The molecule has 0 heterocycles. The minimum absolute atomic E-state index is 0.117. The monoisotopic (exact) mass is 370 g/mol. The Labute approximate surface area is 155 Å². The van der Waals surface area contributed by atoms with Gasteiger partial charge in [-0.1, -0.05) is 26.0 Å². The van der Waals surface area contributed by atoms with Gasteiger partial charge in [0.25, 0.3) is 0 Å². The number of hydrogen-bond acceptors (Lipinski definition) is 3. The van der Waals surface area contributed by atoms with Crippen LogP contribution in [0.3, 0.4) is 0 Å². The predicted octanol–water partition coefficient (Wildman–Crippen LogP) is 5.90. The van der Waals surface area contributed by atoms with Crippen LogP contribution in [0.2, 0.25) is 0 Å². The second-order valence-corrected chi connectivity index (χ2v) is 7.92. The van der Waals surface area contributed by atoms with E-state index in [0.29, 0.717) is 27.7 Å². The molecule has 1 N–H and O–H groups in total. The molecule has 26 heavy (non-hydrogen) atoms. The third-order valence-corrected chi connectivity index (χ3v) is 4.73. The van der Waals surface area contributed by atoms with E-state index < -0.39 is 5.97 Å². The van der Waals surface area contributed by atoms with Crippen LogP contribution < -0.4 is 4.74 Å². The summed E-state index contributed by atoms with van der Waals surface area (Å²) in [6.07, 6.45) is -0.117. The first-order valence-corrected chi connectivity index (χ1v) is 9.17. The minimum atomic E-state index is -0.924. The number of carboxylic acids is 1. The highest BCUT2D eigenvalue weighted by Gasteiger charge is 2.10. The van der Waals surface area contributed by atoms with Gasteiger partial charge in [-0.15, -0.1) is 11.8 Å². The number of rotatable bonds is 6. The molecule has 3 aromatic carbocycles. The summed E-state index contributed by atoms with van der Waals surface area (Å²) in [6, 6.07) is 15.5. The molecule has 134 valence electrons. The van der Waals surface area contributed by atoms with Crippen molar-refractivity contribution in [2.75, 3.05) is 0 Å². The highest BCUT2D eigenvalue weighted by molar-refractivity contribution is 7.99. The van der Waals surface area contributed by atoms with E-state index in [1.165, 1.54) is 12.1 Å². The van der Waals surface area contributed by atoms with Gasteiger partial charge in [-0.25, -0.2) is 4.39 Å². The van der Waals surface area contributed by atoms with Crippen molar-refractivity contribution in [1.82, 2.24) is 0 Å². The molecule has 0 amide bonds. The van der Waals surface area contributed by atoms with Crippen molar-refractivity contribution in [3.05, 3.63) is 66.0 Å². The van der Waals surface area contributed by atoms with E-state index in [1.807, 2.05) is 24.3 Å². The van der Waals surface area contributed by atoms with Crippen molar-refractivity contribution in [2.45, 2.75) is 30.4 Å². The fourth-order valence-corrected chi connectivity index (χ4v) is 3.54. The first-order valence-electron chi connectivity index (χ1n) is 8.29. The van der Waals surface area contributed by atoms with Gasteiger partial charge in [-0.2, -0.15) is 0 Å². The minimum Gasteiger partial charge on any atom is -0.481 e. The first-order chi connectivity index (χ1) is 12.4. The summed E-state index contributed by atoms with van der Waals surface area (Å²) in [5.74, 6) is -0.219. The number of hydrogen-bond donors (Lipinski definition) is 1. The second-order valence-electron chi connectivity index (χ2n) is 6.27. The Balaban J connectivity index is 1.96. The number of halogens is 1. The Morgan fingerprint density at radius 3 is 2.50 bits per heavy atom. The van der Waals surface area contributed by atoms with Crippen LogP contribution in [0.4, 0.5) is 4.39 Å². The summed E-state index contributed by atoms with van der Waals surface area (Å²) >= 11 is 1.76. The molecule has 0 unspecified atom stereocenters. The summed E-state index contributed by atoms with van der Waals surface area (Å²) in [5.41, 5.74) is 0.610. The quantitative estimate of drug-likeness (QED) is 0.549. The van der Waals surface area contributed by atoms with E-state index in [0.717, 1.165) is 10.3 Å². The molecule has 5 heteroatoms. The fourth-order valence-electron chi connectivity index (χ4n) is 2.70. The molecule has 0 fully saturated rings. The normalized spacial score (nSPS) is 11.1. The van der Waals surface area contributed by atoms with E-state index in [1.54, 1.807) is 30.0 Å². The molecule has 0 aliphatic heterocycles. The number of fused-ring (bicyclic) bond motifs is 1. The van der Waals surface area contributed by atoms with Crippen LogP contribution in [0, 0.1) is 5.82 Å². The lowest BCUT2D eigenvalue weighted by Crippen LogP contribution is -2.00. The van der Waals surface area contributed by atoms with E-state index in [2.05, 4.69) is 13.8 Å². The van der Waals surface area contributed by atoms with Gasteiger partial charge in [0.1, 0.15) is 17.3 Å². The third kappa shape index (κ3) is 4.55. The maximum Gasteiger partial charge on any atom is 0.307 e. The van der Waals surface area contributed by atoms with Gasteiger partial charge < -0.3 is 9.84 Å². The lowest BCUT2D eigenvalue weighted by Gasteiger charge is -2.12. The van der Waals surface area contributed by atoms with Crippen LogP contribution in [0.1, 0.15) is 19.4 Å². The van der Waals surface area contributed by atoms with Gasteiger partial charge in [0, 0.05) is 15.5 Å². The standard InChI is InChI=1S/C21H19FO3S/c1-13(2)26-18-7-5-17(6-8-18)25-20-10-14(11-21(23)24)9-15-3-4-16(22)12-19(15)20/h3-10,12-13H,11H2,1-2H3,(H,23,24). The Morgan fingerprint density at radius 2 is 1.85 bits per heavy atom. The van der Waals surface area contributed by atoms with Crippen LogP contribution in [-0.4, -0.2) is 16.3 Å². The fraction of sp³-hybridized carbons (Fsp3) is 0.190. The molecule has 3 aromatic rings. The van der Waals surface area contributed by atoms with Crippen molar-refractivity contribution in [2.24, 2.45) is 0 Å². The van der Waals surface area contributed by atoms with Gasteiger partial charge in [0.2, 0.25) is 0 Å². The zero-order valence-corrected chi connectivity index (χ0v) is 15.3. The number of carboxylic acid groups (broad SMARTS) is 1. The van der Waals surface area contributed by atoms with Gasteiger partial charge in [0.15, 0.2) is 0 Å². The van der Waals surface area contributed by atoms with Gasteiger partial charge >= 0.3 is 5.97 Å². The molecular weight excluding hydrogens is 351 g/mol. The van der Waals surface area contributed by atoms with Crippen molar-refractivity contribution in [3.63, 3.8) is 0 Å². The predicted molar refractivity (Wildman–Crippen MR) is 103 cm³/mol. The molecule has 0 saturated heterocycles. The highest BCUT2D eigenvalue weighted by Crippen LogP contribution is 2.33. The van der Waals surface area contributed by atoms with Gasteiger partial charge in [0.05, 0.1) is 6.42 Å². The zero-order chi connectivity index (χ0) is 18.7. The molecule has 0 saturated carbocycles.